The second-order valence-corrected chi connectivity index (χ2v) is 15.0. The number of ketones is 1. The third-order valence-electron chi connectivity index (χ3n) is 12.6. The Morgan fingerprint density at radius 2 is 1.77 bits per heavy atom. The van der Waals surface area contributed by atoms with Crippen molar-refractivity contribution in [3.63, 3.8) is 0 Å². The van der Waals surface area contributed by atoms with E-state index in [0.717, 1.165) is 57.8 Å². The van der Waals surface area contributed by atoms with Crippen molar-refractivity contribution in [3.8, 4) is 0 Å². The molecule has 0 radical (unpaired) electrons. The number of Topliss-reactive ketones (excluding diaryl/α,β-unsaturated/α-hetero) is 1. The molecule has 4 aliphatic rings. The van der Waals surface area contributed by atoms with Crippen molar-refractivity contribution >= 4 is 5.78 Å². The van der Waals surface area contributed by atoms with E-state index in [0.29, 0.717) is 40.9 Å². The first kappa shape index (κ1) is 32.2. The van der Waals surface area contributed by atoms with Gasteiger partial charge in [-0.2, -0.15) is 0 Å². The summed E-state index contributed by atoms with van der Waals surface area (Å²) in [6.07, 6.45) is 17.8. The van der Waals surface area contributed by atoms with Gasteiger partial charge in [0.25, 0.3) is 0 Å². The number of rotatable bonds is 15. The minimum absolute atomic E-state index is 0.184. The maximum atomic E-state index is 11.7. The molecule has 40 heavy (non-hydrogen) atoms. The van der Waals surface area contributed by atoms with Crippen molar-refractivity contribution < 1.29 is 9.90 Å². The molecule has 0 saturated heterocycles. The Bertz CT molecular complexity index is 860. The van der Waals surface area contributed by atoms with E-state index < -0.39 is 0 Å². The molecule has 0 bridgehead atoms. The number of fused-ring (bicyclic) bond motifs is 5. The van der Waals surface area contributed by atoms with Gasteiger partial charge in [-0.05, 0) is 144 Å². The highest BCUT2D eigenvalue weighted by molar-refractivity contribution is 5.77. The van der Waals surface area contributed by atoms with Crippen molar-refractivity contribution in [2.75, 3.05) is 26.2 Å². The fourth-order valence-electron chi connectivity index (χ4n) is 10.0. The van der Waals surface area contributed by atoms with Crippen LogP contribution in [-0.4, -0.2) is 49.2 Å². The first-order valence-electron chi connectivity index (χ1n) is 17.2. The second-order valence-electron chi connectivity index (χ2n) is 15.0. The molecule has 4 rings (SSSR count). The van der Waals surface area contributed by atoms with Crippen LogP contribution in [0.4, 0.5) is 0 Å². The minimum Gasteiger partial charge on any atom is -0.392 e. The molecule has 5 N–H and O–H groups in total. The number of aliphatic hydroxyl groups excluding tert-OH is 1. The highest BCUT2D eigenvalue weighted by Crippen LogP contribution is 2.67. The van der Waals surface area contributed by atoms with Gasteiger partial charge in [-0.15, -0.1) is 0 Å². The molecule has 0 aromatic heterocycles. The van der Waals surface area contributed by atoms with Crippen molar-refractivity contribution in [2.24, 2.45) is 52.1 Å². The Balaban J connectivity index is 1.33. The maximum absolute atomic E-state index is 11.7. The normalized spacial score (nSPS) is 38.6. The smallest absolute Gasteiger partial charge is 0.132 e. The van der Waals surface area contributed by atoms with Crippen LogP contribution in [0, 0.1) is 46.3 Å². The summed E-state index contributed by atoms with van der Waals surface area (Å²) in [6, 6.07) is 0.459. The lowest BCUT2D eigenvalue weighted by Gasteiger charge is -2.60. The van der Waals surface area contributed by atoms with Crippen LogP contribution in [0.2, 0.25) is 0 Å². The molecule has 0 aromatic carbocycles. The fourth-order valence-corrected chi connectivity index (χ4v) is 10.0. The summed E-state index contributed by atoms with van der Waals surface area (Å²) in [6.45, 7) is 15.4. The van der Waals surface area contributed by atoms with E-state index >= 15 is 0 Å². The topological polar surface area (TPSA) is 87.4 Å². The summed E-state index contributed by atoms with van der Waals surface area (Å²) in [5.74, 6) is 3.76. The predicted molar refractivity (Wildman–Crippen MR) is 167 cm³/mol. The van der Waals surface area contributed by atoms with Gasteiger partial charge in [0.15, 0.2) is 0 Å². The van der Waals surface area contributed by atoms with E-state index in [1.807, 2.05) is 0 Å². The fraction of sp³-hybridized carbons (Fsp3) is 0.914. The van der Waals surface area contributed by atoms with Crippen LogP contribution < -0.4 is 16.4 Å². The van der Waals surface area contributed by atoms with Gasteiger partial charge in [-0.1, -0.05) is 52.2 Å². The number of hydrogen-bond acceptors (Lipinski definition) is 5. The van der Waals surface area contributed by atoms with Gasteiger partial charge in [-0.3, -0.25) is 4.79 Å². The molecular weight excluding hydrogens is 494 g/mol. The first-order chi connectivity index (χ1) is 19.1. The van der Waals surface area contributed by atoms with E-state index in [1.54, 1.807) is 12.5 Å². The molecule has 0 amide bonds. The number of unbranched alkanes of at least 4 members (excludes halogenated alkanes) is 1. The highest BCUT2D eigenvalue weighted by Gasteiger charge is 2.61. The summed E-state index contributed by atoms with van der Waals surface area (Å²) in [4.78, 5) is 11.7. The summed E-state index contributed by atoms with van der Waals surface area (Å²) >= 11 is 0. The van der Waals surface area contributed by atoms with Crippen LogP contribution in [0.5, 0.6) is 0 Å². The lowest BCUT2D eigenvalue weighted by molar-refractivity contribution is -0.120. The molecule has 0 aromatic rings. The molecule has 10 atom stereocenters. The van der Waals surface area contributed by atoms with Crippen molar-refractivity contribution in [2.45, 2.75) is 130 Å². The van der Waals surface area contributed by atoms with Gasteiger partial charge in [0, 0.05) is 12.0 Å². The first-order valence-corrected chi connectivity index (χ1v) is 17.2. The molecule has 3 saturated carbocycles. The molecule has 230 valence electrons. The van der Waals surface area contributed by atoms with Crippen LogP contribution in [-0.2, 0) is 4.79 Å². The molecule has 3 fully saturated rings. The average Bonchev–Trinajstić information content (AvgIpc) is 3.27. The number of carbonyl (C=O) groups excluding carboxylic acids is 1. The van der Waals surface area contributed by atoms with E-state index in [4.69, 9.17) is 5.73 Å². The van der Waals surface area contributed by atoms with E-state index in [1.165, 1.54) is 57.8 Å². The van der Waals surface area contributed by atoms with Crippen molar-refractivity contribution in [1.29, 1.82) is 0 Å². The zero-order valence-electron chi connectivity index (χ0n) is 26.6. The minimum atomic E-state index is -0.184. The lowest BCUT2D eigenvalue weighted by Crippen LogP contribution is -2.56. The van der Waals surface area contributed by atoms with Gasteiger partial charge in [0.1, 0.15) is 5.78 Å². The second kappa shape index (κ2) is 14.1. The highest BCUT2D eigenvalue weighted by atomic mass is 16.3. The number of nitrogens with one attached hydrogen (secondary N) is 2. The Hall–Kier alpha value is -0.750. The Morgan fingerprint density at radius 1 is 1.00 bits per heavy atom. The Morgan fingerprint density at radius 3 is 2.52 bits per heavy atom. The standard InChI is InChI=1S/C35H63N3O2/c1-24(26(3)39)10-8-11-25(2)29-12-13-30-33-31(15-17-35(29,30)5)34(4)16-14-28(22-27(34)23-32(33)40)38-21-9-20-37-19-7-6-18-36/h22,24-25,28-33,37-38,40H,6-21,23,36H2,1-5H3/t24-,25-,28+,29-,30?,31?,32-,33?,34+,35-/m1/s1. The third-order valence-corrected chi connectivity index (χ3v) is 12.6. The third kappa shape index (κ3) is 6.90. The van der Waals surface area contributed by atoms with Gasteiger partial charge in [0.05, 0.1) is 6.10 Å². The monoisotopic (exact) mass is 557 g/mol. The van der Waals surface area contributed by atoms with E-state index in [2.05, 4.69) is 44.4 Å². The summed E-state index contributed by atoms with van der Waals surface area (Å²) in [7, 11) is 0. The zero-order chi connectivity index (χ0) is 28.9. The van der Waals surface area contributed by atoms with Gasteiger partial charge in [0.2, 0.25) is 0 Å². The summed E-state index contributed by atoms with van der Waals surface area (Å²) in [5.41, 5.74) is 7.76. The largest absolute Gasteiger partial charge is 0.392 e. The van der Waals surface area contributed by atoms with Crippen LogP contribution in [0.1, 0.15) is 118 Å². The van der Waals surface area contributed by atoms with Crippen molar-refractivity contribution in [3.05, 3.63) is 11.6 Å². The Kier molecular flexibility index (Phi) is 11.4. The van der Waals surface area contributed by atoms with E-state index in [-0.39, 0.29) is 17.4 Å². The van der Waals surface area contributed by atoms with Gasteiger partial charge >= 0.3 is 0 Å². The zero-order valence-corrected chi connectivity index (χ0v) is 26.6. The quantitative estimate of drug-likeness (QED) is 0.141. The van der Waals surface area contributed by atoms with Crippen LogP contribution in [0.3, 0.4) is 0 Å². The van der Waals surface area contributed by atoms with Gasteiger partial charge in [-0.25, -0.2) is 0 Å². The van der Waals surface area contributed by atoms with Crippen molar-refractivity contribution in [1.82, 2.24) is 10.6 Å². The summed E-state index contributed by atoms with van der Waals surface area (Å²) in [5, 5.41) is 19.1. The molecule has 0 aliphatic heterocycles. The number of hydrogen-bond donors (Lipinski definition) is 4. The SMILES string of the molecule is CC(=O)[C@H](C)CCC[C@@H](C)[C@H]1CCC2C3C(CC[C@@]21C)[C@@]1(C)CC[C@H](NCCCNCCCCN)C=C1C[C@H]3O. The number of carbonyl (C=O) groups is 1. The molecule has 3 unspecified atom stereocenters. The maximum Gasteiger partial charge on any atom is 0.132 e. The molecule has 0 heterocycles. The van der Waals surface area contributed by atoms with E-state index in [9.17, 15) is 9.90 Å². The number of nitrogens with two attached hydrogens (primary N) is 1. The molecule has 5 nitrogen and oxygen atoms in total. The predicted octanol–water partition coefficient (Wildman–Crippen LogP) is 6.24. The molecule has 5 heteroatoms. The average molecular weight is 558 g/mol. The van der Waals surface area contributed by atoms with Crippen LogP contribution in [0.15, 0.2) is 11.6 Å². The van der Waals surface area contributed by atoms with Crippen LogP contribution >= 0.6 is 0 Å². The van der Waals surface area contributed by atoms with Gasteiger partial charge < -0.3 is 21.5 Å². The molecule has 0 spiro atoms. The summed E-state index contributed by atoms with van der Waals surface area (Å²) < 4.78 is 0. The lowest BCUT2D eigenvalue weighted by atomic mass is 9.45. The Labute approximate surface area is 246 Å². The number of aliphatic hydroxyl groups is 1. The molecular formula is C35H63N3O2. The molecule has 4 aliphatic carbocycles. The van der Waals surface area contributed by atoms with Crippen LogP contribution in [0.25, 0.3) is 0 Å².